The third-order valence-corrected chi connectivity index (χ3v) is 7.49. The van der Waals surface area contributed by atoms with E-state index in [1.807, 2.05) is 18.2 Å². The smallest absolute Gasteiger partial charge is 0.414 e. The summed E-state index contributed by atoms with van der Waals surface area (Å²) >= 11 is 0. The molecule has 3 aliphatic heterocycles. The van der Waals surface area contributed by atoms with Crippen LogP contribution in [0.2, 0.25) is 0 Å². The van der Waals surface area contributed by atoms with Gasteiger partial charge in [0.15, 0.2) is 0 Å². The molecule has 3 saturated heterocycles. The van der Waals surface area contributed by atoms with Crippen molar-refractivity contribution in [2.45, 2.75) is 37.5 Å². The van der Waals surface area contributed by atoms with Gasteiger partial charge in [0.25, 0.3) is 0 Å². The Morgan fingerprint density at radius 1 is 0.821 bits per heavy atom. The number of methoxy groups -OCH3 is 2. The van der Waals surface area contributed by atoms with E-state index >= 15 is 0 Å². The summed E-state index contributed by atoms with van der Waals surface area (Å²) in [5.74, 6) is -1.19. The Morgan fingerprint density at radius 3 is 1.74 bits per heavy atom. The highest BCUT2D eigenvalue weighted by atomic mass is 16.5. The zero-order valence-corrected chi connectivity index (χ0v) is 22.2. The fourth-order valence-electron chi connectivity index (χ4n) is 5.72. The van der Waals surface area contributed by atoms with E-state index in [1.165, 1.54) is 24.0 Å². The monoisotopic (exact) mass is 533 g/mol. The summed E-state index contributed by atoms with van der Waals surface area (Å²) in [6.45, 7) is 2.85. The van der Waals surface area contributed by atoms with E-state index in [2.05, 4.69) is 65.6 Å². The summed E-state index contributed by atoms with van der Waals surface area (Å²) in [5, 5.41) is 14.8. The van der Waals surface area contributed by atoms with Crippen LogP contribution in [0.1, 0.15) is 35.4 Å². The Kier molecular flexibility index (Phi) is 9.57. The molecule has 2 bridgehead atoms. The lowest BCUT2D eigenvalue weighted by atomic mass is 9.72. The summed E-state index contributed by atoms with van der Waals surface area (Å²) in [6.07, 6.45) is 2.59. The Labute approximate surface area is 228 Å². The van der Waals surface area contributed by atoms with Gasteiger partial charge in [0.2, 0.25) is 0 Å². The molecule has 8 heteroatoms. The number of aliphatic carboxylic acids is 2. The number of benzene rings is 3. The molecule has 0 aliphatic carbocycles. The molecule has 8 nitrogen and oxygen atoms in total. The Balaban J connectivity index is 0.000000531. The van der Waals surface area contributed by atoms with Gasteiger partial charge in [-0.2, -0.15) is 0 Å². The van der Waals surface area contributed by atoms with Crippen LogP contribution in [-0.4, -0.2) is 66.5 Å². The number of hydrogen-bond donors (Lipinski definition) is 2. The van der Waals surface area contributed by atoms with Crippen molar-refractivity contribution in [2.75, 3.05) is 27.3 Å². The number of carboxylic acid groups (broad SMARTS) is 2. The van der Waals surface area contributed by atoms with Crippen LogP contribution in [0.3, 0.4) is 0 Å². The molecule has 0 radical (unpaired) electrons. The van der Waals surface area contributed by atoms with Gasteiger partial charge < -0.3 is 24.4 Å². The van der Waals surface area contributed by atoms with Crippen LogP contribution in [0.25, 0.3) is 0 Å². The highest BCUT2D eigenvalue weighted by Gasteiger charge is 2.47. The van der Waals surface area contributed by atoms with E-state index < -0.39 is 11.9 Å². The normalized spacial score (nSPS) is 21.5. The average Bonchev–Trinajstić information content (AvgIpc) is 2.98. The second-order valence-corrected chi connectivity index (χ2v) is 9.77. The maximum Gasteiger partial charge on any atom is 0.414 e. The van der Waals surface area contributed by atoms with Gasteiger partial charge in [-0.15, -0.1) is 0 Å². The van der Waals surface area contributed by atoms with Crippen molar-refractivity contribution < 1.29 is 34.0 Å². The third-order valence-electron chi connectivity index (χ3n) is 7.49. The summed E-state index contributed by atoms with van der Waals surface area (Å²) in [5.41, 5.74) is 3.80. The van der Waals surface area contributed by atoms with Gasteiger partial charge in [-0.05, 0) is 60.7 Å². The number of carboxylic acids is 2. The summed E-state index contributed by atoms with van der Waals surface area (Å²) in [7, 11) is 3.38. The highest BCUT2D eigenvalue weighted by molar-refractivity contribution is 6.27. The molecule has 3 aromatic carbocycles. The average molecular weight is 534 g/mol. The number of fused-ring (bicyclic) bond motifs is 3. The van der Waals surface area contributed by atoms with Gasteiger partial charge in [-0.3, -0.25) is 4.90 Å². The van der Waals surface area contributed by atoms with Gasteiger partial charge in [-0.1, -0.05) is 60.7 Å². The van der Waals surface area contributed by atoms with E-state index in [1.54, 1.807) is 14.2 Å². The first kappa shape index (κ1) is 28.1. The zero-order valence-electron chi connectivity index (χ0n) is 22.2. The molecule has 3 heterocycles. The first-order valence-corrected chi connectivity index (χ1v) is 13.0. The van der Waals surface area contributed by atoms with Crippen LogP contribution in [-0.2, 0) is 20.9 Å². The fraction of sp³-hybridized carbons (Fsp3) is 0.355. The second-order valence-electron chi connectivity index (χ2n) is 9.77. The molecule has 0 amide bonds. The SMILES string of the molecule is COc1cc(CO[C@H]2C3CCN(CC3)[C@@H]2C(c2ccccc2)c2ccccc2)cc(OC)c1.O=C(O)C(=O)O. The first-order valence-electron chi connectivity index (χ1n) is 13.0. The predicted molar refractivity (Wildman–Crippen MR) is 146 cm³/mol. The molecular weight excluding hydrogens is 498 g/mol. The van der Waals surface area contributed by atoms with Gasteiger partial charge in [0, 0.05) is 18.0 Å². The van der Waals surface area contributed by atoms with E-state index in [-0.39, 0.29) is 12.0 Å². The number of nitrogens with zero attached hydrogens (tertiary/aromatic N) is 1. The van der Waals surface area contributed by atoms with Gasteiger partial charge in [-0.25, -0.2) is 9.59 Å². The molecule has 206 valence electrons. The van der Waals surface area contributed by atoms with E-state index in [4.69, 9.17) is 34.0 Å². The molecular formula is C31H35NO7. The Morgan fingerprint density at radius 2 is 1.31 bits per heavy atom. The lowest BCUT2D eigenvalue weighted by Crippen LogP contribution is -2.60. The first-order chi connectivity index (χ1) is 18.9. The minimum atomic E-state index is -1.82. The highest BCUT2D eigenvalue weighted by Crippen LogP contribution is 2.43. The van der Waals surface area contributed by atoms with Crippen LogP contribution in [0, 0.1) is 5.92 Å². The number of rotatable bonds is 8. The van der Waals surface area contributed by atoms with Crippen molar-refractivity contribution >= 4 is 11.9 Å². The molecule has 2 N–H and O–H groups in total. The molecule has 0 saturated carbocycles. The van der Waals surface area contributed by atoms with Crippen molar-refractivity contribution in [3.63, 3.8) is 0 Å². The molecule has 6 rings (SSSR count). The zero-order chi connectivity index (χ0) is 27.8. The quantitative estimate of drug-likeness (QED) is 0.403. The van der Waals surface area contributed by atoms with Gasteiger partial charge in [0.05, 0.1) is 26.9 Å². The van der Waals surface area contributed by atoms with E-state index in [0.29, 0.717) is 18.6 Å². The van der Waals surface area contributed by atoms with Gasteiger partial charge >= 0.3 is 11.9 Å². The molecule has 0 unspecified atom stereocenters. The summed E-state index contributed by atoms with van der Waals surface area (Å²) in [6, 6.07) is 28.2. The summed E-state index contributed by atoms with van der Waals surface area (Å²) < 4.78 is 17.7. The van der Waals surface area contributed by atoms with Crippen LogP contribution in [0.5, 0.6) is 11.5 Å². The number of ether oxygens (including phenoxy) is 3. The Bertz CT molecular complexity index is 1150. The second kappa shape index (κ2) is 13.3. The molecule has 3 fully saturated rings. The number of hydrogen-bond acceptors (Lipinski definition) is 6. The van der Waals surface area contributed by atoms with Crippen molar-refractivity contribution in [1.82, 2.24) is 4.90 Å². The fourth-order valence-corrected chi connectivity index (χ4v) is 5.72. The molecule has 0 aromatic heterocycles. The van der Waals surface area contributed by atoms with Crippen molar-refractivity contribution in [1.29, 1.82) is 0 Å². The van der Waals surface area contributed by atoms with Crippen molar-refractivity contribution in [3.05, 3.63) is 95.6 Å². The maximum atomic E-state index is 9.10. The lowest BCUT2D eigenvalue weighted by Gasteiger charge is -2.53. The maximum absolute atomic E-state index is 9.10. The summed E-state index contributed by atoms with van der Waals surface area (Å²) in [4.78, 5) is 20.9. The topological polar surface area (TPSA) is 106 Å². The van der Waals surface area contributed by atoms with E-state index in [0.717, 1.165) is 30.2 Å². The van der Waals surface area contributed by atoms with E-state index in [9.17, 15) is 0 Å². The number of carbonyl (C=O) groups is 2. The predicted octanol–water partition coefficient (Wildman–Crippen LogP) is 4.67. The minimum Gasteiger partial charge on any atom is -0.497 e. The molecule has 3 aliphatic rings. The van der Waals surface area contributed by atoms with Crippen LogP contribution >= 0.6 is 0 Å². The molecule has 0 spiro atoms. The Hall–Kier alpha value is -3.88. The minimum absolute atomic E-state index is 0.176. The molecule has 2 atom stereocenters. The van der Waals surface area contributed by atoms with Crippen molar-refractivity contribution in [3.8, 4) is 11.5 Å². The van der Waals surface area contributed by atoms with Crippen molar-refractivity contribution in [2.24, 2.45) is 5.92 Å². The third kappa shape index (κ3) is 6.96. The van der Waals surface area contributed by atoms with Crippen LogP contribution < -0.4 is 9.47 Å². The molecule has 3 aromatic rings. The largest absolute Gasteiger partial charge is 0.497 e. The van der Waals surface area contributed by atoms with Crippen LogP contribution in [0.4, 0.5) is 0 Å². The van der Waals surface area contributed by atoms with Crippen LogP contribution in [0.15, 0.2) is 78.9 Å². The van der Waals surface area contributed by atoms with Gasteiger partial charge in [0.1, 0.15) is 11.5 Å². The lowest BCUT2D eigenvalue weighted by molar-refractivity contribution is -0.159. The molecule has 39 heavy (non-hydrogen) atoms. The number of piperidine rings is 3. The standard InChI is InChI=1S/C29H33NO3.C2H2O4/c1-31-25-17-21(18-26(19-25)32-2)20-33-29-24-13-15-30(16-14-24)28(29)27(22-9-5-3-6-10-22)23-11-7-4-8-12-23;3-1(4)2(5)6/h3-12,17-19,24,27-29H,13-16,20H2,1-2H3;(H,3,4)(H,5,6)/t28-,29+;/m1./s1.